The Morgan fingerprint density at radius 3 is 2.43 bits per heavy atom. The van der Waals surface area contributed by atoms with Crippen LogP contribution < -0.4 is 4.74 Å². The number of sulfonamides is 1. The maximum absolute atomic E-state index is 12.8. The molecule has 1 fully saturated rings. The average molecular weight is 332 g/mol. The SMILES string of the molecule is COc1cc(CCl)ccc1S(=O)(=O)N1CCC(C)(C)CC1. The maximum Gasteiger partial charge on any atom is 0.246 e. The van der Waals surface area contributed by atoms with Crippen LogP contribution in [0.2, 0.25) is 0 Å². The van der Waals surface area contributed by atoms with Gasteiger partial charge in [-0.05, 0) is 36.0 Å². The van der Waals surface area contributed by atoms with Crippen molar-refractivity contribution < 1.29 is 13.2 Å². The average Bonchev–Trinajstić information content (AvgIpc) is 2.46. The van der Waals surface area contributed by atoms with E-state index >= 15 is 0 Å². The van der Waals surface area contributed by atoms with Crippen molar-refractivity contribution in [3.8, 4) is 5.75 Å². The lowest BCUT2D eigenvalue weighted by atomic mass is 9.83. The summed E-state index contributed by atoms with van der Waals surface area (Å²) in [6.07, 6.45) is 1.74. The molecular formula is C15H22ClNO3S. The third-order valence-electron chi connectivity index (χ3n) is 4.08. The first-order chi connectivity index (χ1) is 9.80. The Bertz CT molecular complexity index is 603. The molecule has 1 saturated heterocycles. The van der Waals surface area contributed by atoms with Gasteiger partial charge in [0.05, 0.1) is 7.11 Å². The van der Waals surface area contributed by atoms with E-state index < -0.39 is 10.0 Å². The molecule has 6 heteroatoms. The highest BCUT2D eigenvalue weighted by atomic mass is 35.5. The van der Waals surface area contributed by atoms with E-state index in [1.54, 1.807) is 22.5 Å². The van der Waals surface area contributed by atoms with Crippen molar-refractivity contribution in [1.82, 2.24) is 4.31 Å². The Labute approximate surface area is 132 Å². The first-order valence-electron chi connectivity index (χ1n) is 7.03. The summed E-state index contributed by atoms with van der Waals surface area (Å²) in [6.45, 7) is 5.45. The molecule has 1 heterocycles. The van der Waals surface area contributed by atoms with Gasteiger partial charge in [-0.1, -0.05) is 19.9 Å². The first kappa shape index (κ1) is 16.6. The van der Waals surface area contributed by atoms with Gasteiger partial charge in [0.1, 0.15) is 10.6 Å². The molecule has 0 radical (unpaired) electrons. The van der Waals surface area contributed by atoms with Crippen LogP contribution in [0.25, 0.3) is 0 Å². The van der Waals surface area contributed by atoms with Gasteiger partial charge in [-0.25, -0.2) is 8.42 Å². The highest BCUT2D eigenvalue weighted by Crippen LogP contribution is 2.34. The van der Waals surface area contributed by atoms with Gasteiger partial charge in [0, 0.05) is 19.0 Å². The number of alkyl halides is 1. The normalized spacial score (nSPS) is 19.4. The first-order valence-corrected chi connectivity index (χ1v) is 9.01. The Morgan fingerprint density at radius 2 is 1.90 bits per heavy atom. The molecule has 1 aromatic rings. The van der Waals surface area contributed by atoms with E-state index in [4.69, 9.17) is 16.3 Å². The number of hydrogen-bond donors (Lipinski definition) is 0. The molecule has 0 saturated carbocycles. The van der Waals surface area contributed by atoms with Gasteiger partial charge < -0.3 is 4.74 Å². The van der Waals surface area contributed by atoms with Crippen LogP contribution in [0.15, 0.2) is 23.1 Å². The van der Waals surface area contributed by atoms with Crippen LogP contribution in [-0.4, -0.2) is 32.9 Å². The molecule has 0 aromatic heterocycles. The molecule has 1 aliphatic rings. The van der Waals surface area contributed by atoms with Gasteiger partial charge in [-0.15, -0.1) is 11.6 Å². The molecule has 118 valence electrons. The largest absolute Gasteiger partial charge is 0.495 e. The molecule has 0 bridgehead atoms. The van der Waals surface area contributed by atoms with Gasteiger partial charge in [0.2, 0.25) is 10.0 Å². The fourth-order valence-corrected chi connectivity index (χ4v) is 4.22. The van der Waals surface area contributed by atoms with E-state index in [1.807, 2.05) is 0 Å². The standard InChI is InChI=1S/C15H22ClNO3S/c1-15(2)6-8-17(9-7-15)21(18,19)14-5-4-12(11-16)10-13(14)20-3/h4-5,10H,6-9,11H2,1-3H3. The van der Waals surface area contributed by atoms with Crippen molar-refractivity contribution in [2.75, 3.05) is 20.2 Å². The molecular weight excluding hydrogens is 310 g/mol. The lowest BCUT2D eigenvalue weighted by molar-refractivity contribution is 0.195. The Hall–Kier alpha value is -0.780. The quantitative estimate of drug-likeness (QED) is 0.796. The minimum Gasteiger partial charge on any atom is -0.495 e. The second-order valence-corrected chi connectivity index (χ2v) is 8.36. The number of piperidine rings is 1. The van der Waals surface area contributed by atoms with Crippen molar-refractivity contribution >= 4 is 21.6 Å². The van der Waals surface area contributed by atoms with Gasteiger partial charge in [-0.2, -0.15) is 4.31 Å². The smallest absolute Gasteiger partial charge is 0.246 e. The number of rotatable bonds is 4. The van der Waals surface area contributed by atoms with E-state index in [0.717, 1.165) is 18.4 Å². The zero-order valence-corrected chi connectivity index (χ0v) is 14.3. The predicted octanol–water partition coefficient (Wildman–Crippen LogP) is 3.24. The molecule has 1 aliphatic heterocycles. The molecule has 1 aromatic carbocycles. The van der Waals surface area contributed by atoms with Crippen molar-refractivity contribution in [1.29, 1.82) is 0 Å². The van der Waals surface area contributed by atoms with Gasteiger partial charge in [0.15, 0.2) is 0 Å². The van der Waals surface area contributed by atoms with E-state index in [0.29, 0.717) is 24.7 Å². The summed E-state index contributed by atoms with van der Waals surface area (Å²) in [5.41, 5.74) is 1.05. The van der Waals surface area contributed by atoms with Crippen LogP contribution in [0.4, 0.5) is 0 Å². The van der Waals surface area contributed by atoms with Crippen LogP contribution in [0.5, 0.6) is 5.75 Å². The molecule has 4 nitrogen and oxygen atoms in total. The number of nitrogens with zero attached hydrogens (tertiary/aromatic N) is 1. The van der Waals surface area contributed by atoms with E-state index in [-0.39, 0.29) is 10.3 Å². The fourth-order valence-electron chi connectivity index (χ4n) is 2.48. The van der Waals surface area contributed by atoms with Crippen molar-refractivity contribution in [2.45, 2.75) is 37.5 Å². The van der Waals surface area contributed by atoms with Crippen molar-refractivity contribution in [3.63, 3.8) is 0 Å². The summed E-state index contributed by atoms with van der Waals surface area (Å²) in [6, 6.07) is 5.01. The molecule has 2 rings (SSSR count). The molecule has 0 atom stereocenters. The fraction of sp³-hybridized carbons (Fsp3) is 0.600. The molecule has 0 spiro atoms. The van der Waals surface area contributed by atoms with Gasteiger partial charge >= 0.3 is 0 Å². The molecule has 0 N–H and O–H groups in total. The van der Waals surface area contributed by atoms with Crippen LogP contribution >= 0.6 is 11.6 Å². The summed E-state index contributed by atoms with van der Waals surface area (Å²) in [5.74, 6) is 0.687. The maximum atomic E-state index is 12.8. The van der Waals surface area contributed by atoms with Gasteiger partial charge in [0.25, 0.3) is 0 Å². The molecule has 21 heavy (non-hydrogen) atoms. The topological polar surface area (TPSA) is 46.6 Å². The van der Waals surface area contributed by atoms with E-state index in [2.05, 4.69) is 13.8 Å². The van der Waals surface area contributed by atoms with Crippen LogP contribution in [0.1, 0.15) is 32.3 Å². The highest BCUT2D eigenvalue weighted by Gasteiger charge is 2.34. The second-order valence-electron chi connectivity index (χ2n) is 6.19. The molecule has 0 unspecified atom stereocenters. The third-order valence-corrected chi connectivity index (χ3v) is 6.32. The Morgan fingerprint density at radius 1 is 1.29 bits per heavy atom. The summed E-state index contributed by atoms with van der Waals surface area (Å²) < 4.78 is 32.4. The van der Waals surface area contributed by atoms with Crippen molar-refractivity contribution in [2.24, 2.45) is 5.41 Å². The number of methoxy groups -OCH3 is 1. The van der Waals surface area contributed by atoms with E-state index in [9.17, 15) is 8.42 Å². The molecule has 0 amide bonds. The third kappa shape index (κ3) is 3.52. The van der Waals surface area contributed by atoms with Gasteiger partial charge in [-0.3, -0.25) is 0 Å². The number of halogens is 1. The number of hydrogen-bond acceptors (Lipinski definition) is 3. The summed E-state index contributed by atoms with van der Waals surface area (Å²) in [4.78, 5) is 0.221. The zero-order chi connectivity index (χ0) is 15.7. The Balaban J connectivity index is 2.32. The van der Waals surface area contributed by atoms with Crippen LogP contribution in [0.3, 0.4) is 0 Å². The highest BCUT2D eigenvalue weighted by molar-refractivity contribution is 7.89. The number of benzene rings is 1. The zero-order valence-electron chi connectivity index (χ0n) is 12.7. The Kier molecular flexibility index (Phi) is 4.85. The monoisotopic (exact) mass is 331 g/mol. The van der Waals surface area contributed by atoms with E-state index in [1.165, 1.54) is 7.11 Å². The predicted molar refractivity (Wildman–Crippen MR) is 84.3 cm³/mol. The van der Waals surface area contributed by atoms with Crippen molar-refractivity contribution in [3.05, 3.63) is 23.8 Å². The lowest BCUT2D eigenvalue weighted by Crippen LogP contribution is -2.41. The van der Waals surface area contributed by atoms with Crippen LogP contribution in [-0.2, 0) is 15.9 Å². The summed E-state index contributed by atoms with van der Waals surface area (Å²) in [7, 11) is -2.04. The lowest BCUT2D eigenvalue weighted by Gasteiger charge is -2.36. The summed E-state index contributed by atoms with van der Waals surface area (Å²) in [5, 5.41) is 0. The minimum atomic E-state index is -3.51. The minimum absolute atomic E-state index is 0.207. The second kappa shape index (κ2) is 6.15. The van der Waals surface area contributed by atoms with Crippen LogP contribution in [0, 0.1) is 5.41 Å². The summed E-state index contributed by atoms with van der Waals surface area (Å²) >= 11 is 5.79. The number of ether oxygens (including phenoxy) is 1. The molecule has 0 aliphatic carbocycles.